The number of nitrogens with zero attached hydrogens (tertiary/aromatic N) is 2. The van der Waals surface area contributed by atoms with Crippen molar-refractivity contribution in [1.29, 1.82) is 0 Å². The maximum absolute atomic E-state index is 10.5. The van der Waals surface area contributed by atoms with Crippen molar-refractivity contribution in [3.05, 3.63) is 52.5 Å². The quantitative estimate of drug-likeness (QED) is 0.838. The van der Waals surface area contributed by atoms with E-state index in [1.54, 1.807) is 32.4 Å². The summed E-state index contributed by atoms with van der Waals surface area (Å²) in [6.45, 7) is 1.82. The molecule has 0 aromatic heterocycles. The van der Waals surface area contributed by atoms with E-state index in [0.29, 0.717) is 22.9 Å². The molecule has 23 heavy (non-hydrogen) atoms. The molecule has 2 aromatic rings. The molecule has 6 heteroatoms. The summed E-state index contributed by atoms with van der Waals surface area (Å²) in [5.41, 5.74) is 8.03. The van der Waals surface area contributed by atoms with E-state index in [1.807, 2.05) is 25.1 Å². The highest BCUT2D eigenvalue weighted by Gasteiger charge is 2.24. The van der Waals surface area contributed by atoms with Crippen LogP contribution in [0, 0.1) is 0 Å². The molecule has 0 amide bonds. The predicted octanol–water partition coefficient (Wildman–Crippen LogP) is 1.44. The number of anilines is 1. The summed E-state index contributed by atoms with van der Waals surface area (Å²) in [5.74, 6) is 1.18. The van der Waals surface area contributed by atoms with Gasteiger partial charge >= 0.3 is 0 Å². The molecular formula is C17H19N3O3. The molecule has 0 fully saturated rings. The van der Waals surface area contributed by atoms with Crippen LogP contribution in [-0.2, 0) is 0 Å². The summed E-state index contributed by atoms with van der Waals surface area (Å²) in [4.78, 5) is 4.63. The molecule has 1 atom stereocenters. The first-order chi connectivity index (χ1) is 11.1. The van der Waals surface area contributed by atoms with E-state index in [0.717, 1.165) is 21.2 Å². The van der Waals surface area contributed by atoms with E-state index in [9.17, 15) is 5.21 Å². The lowest BCUT2D eigenvalue weighted by Gasteiger charge is -2.29. The van der Waals surface area contributed by atoms with Gasteiger partial charge in [0.1, 0.15) is 0 Å². The van der Waals surface area contributed by atoms with Crippen LogP contribution in [0.4, 0.5) is 5.69 Å². The molecule has 1 unspecified atom stereocenters. The summed E-state index contributed by atoms with van der Waals surface area (Å²) in [6.07, 6.45) is -0.596. The number of benzene rings is 2. The topological polar surface area (TPSA) is 80.3 Å². The Labute approximate surface area is 134 Å². The van der Waals surface area contributed by atoms with Gasteiger partial charge in [-0.1, -0.05) is 18.2 Å². The average Bonchev–Trinajstić information content (AvgIpc) is 2.57. The summed E-state index contributed by atoms with van der Waals surface area (Å²) < 4.78 is 10.7. The maximum Gasteiger partial charge on any atom is 0.173 e. The number of methoxy groups -OCH3 is 2. The number of nitrogen functional groups attached to an aromatic ring is 1. The van der Waals surface area contributed by atoms with Crippen LogP contribution < -0.4 is 25.8 Å². The van der Waals surface area contributed by atoms with Crippen LogP contribution in [0.5, 0.6) is 11.5 Å². The molecule has 3 rings (SSSR count). The first-order valence-corrected chi connectivity index (χ1v) is 7.20. The second kappa shape index (κ2) is 5.81. The minimum absolute atomic E-state index is 0.581. The average molecular weight is 313 g/mol. The van der Waals surface area contributed by atoms with Crippen molar-refractivity contribution in [1.82, 2.24) is 5.06 Å². The van der Waals surface area contributed by atoms with Crippen LogP contribution in [0.3, 0.4) is 0 Å². The first-order valence-electron chi connectivity index (χ1n) is 7.20. The van der Waals surface area contributed by atoms with Crippen molar-refractivity contribution in [2.24, 2.45) is 4.99 Å². The second-order valence-electron chi connectivity index (χ2n) is 5.29. The third-order valence-electron chi connectivity index (χ3n) is 4.00. The number of hydroxylamine groups is 2. The Balaban J connectivity index is 2.25. The lowest BCUT2D eigenvalue weighted by atomic mass is 10.1. The summed E-state index contributed by atoms with van der Waals surface area (Å²) >= 11 is 0. The zero-order valence-electron chi connectivity index (χ0n) is 13.3. The fourth-order valence-corrected chi connectivity index (χ4v) is 2.71. The predicted molar refractivity (Wildman–Crippen MR) is 86.6 cm³/mol. The van der Waals surface area contributed by atoms with Crippen molar-refractivity contribution < 1.29 is 14.7 Å². The van der Waals surface area contributed by atoms with Gasteiger partial charge in [0.05, 0.1) is 25.3 Å². The SMILES string of the molecule is COc1cc2c(cc1OC)=C(C)N(O)C(c1ccccc1N)N=2. The fourth-order valence-electron chi connectivity index (χ4n) is 2.71. The molecule has 1 aliphatic rings. The number of fused-ring (bicyclic) bond motifs is 1. The molecular weight excluding hydrogens is 294 g/mol. The molecule has 1 aliphatic heterocycles. The largest absolute Gasteiger partial charge is 0.493 e. The number of ether oxygens (including phenoxy) is 2. The van der Waals surface area contributed by atoms with Gasteiger partial charge in [-0.3, -0.25) is 10.2 Å². The number of rotatable bonds is 3. The van der Waals surface area contributed by atoms with Crippen LogP contribution in [0.15, 0.2) is 41.4 Å². The van der Waals surface area contributed by atoms with E-state index in [-0.39, 0.29) is 0 Å². The Morgan fingerprint density at radius 1 is 1.13 bits per heavy atom. The number of nitrogens with two attached hydrogens (primary N) is 1. The monoisotopic (exact) mass is 313 g/mol. The van der Waals surface area contributed by atoms with E-state index >= 15 is 0 Å². The Kier molecular flexibility index (Phi) is 3.83. The van der Waals surface area contributed by atoms with E-state index < -0.39 is 6.17 Å². The fraction of sp³-hybridized carbons (Fsp3) is 0.235. The zero-order valence-corrected chi connectivity index (χ0v) is 13.3. The Morgan fingerprint density at radius 3 is 2.43 bits per heavy atom. The number of para-hydroxylation sites is 1. The van der Waals surface area contributed by atoms with Gasteiger partial charge in [0.25, 0.3) is 0 Å². The van der Waals surface area contributed by atoms with Crippen LogP contribution in [0.2, 0.25) is 0 Å². The van der Waals surface area contributed by atoms with Crippen molar-refractivity contribution in [3.63, 3.8) is 0 Å². The Hall–Kier alpha value is -2.73. The molecule has 6 nitrogen and oxygen atoms in total. The van der Waals surface area contributed by atoms with Gasteiger partial charge in [0.2, 0.25) is 0 Å². The summed E-state index contributed by atoms with van der Waals surface area (Å²) in [7, 11) is 3.15. The van der Waals surface area contributed by atoms with E-state index in [1.165, 1.54) is 0 Å². The molecule has 0 saturated heterocycles. The van der Waals surface area contributed by atoms with Crippen molar-refractivity contribution in [2.75, 3.05) is 20.0 Å². The highest BCUT2D eigenvalue weighted by atomic mass is 16.5. The van der Waals surface area contributed by atoms with Crippen molar-refractivity contribution in [3.8, 4) is 11.5 Å². The molecule has 0 bridgehead atoms. The molecule has 1 heterocycles. The molecule has 0 spiro atoms. The third-order valence-corrected chi connectivity index (χ3v) is 4.00. The van der Waals surface area contributed by atoms with Crippen LogP contribution >= 0.6 is 0 Å². The lowest BCUT2D eigenvalue weighted by molar-refractivity contribution is -0.0704. The summed E-state index contributed by atoms with van der Waals surface area (Å²) in [5, 5.41) is 13.2. The lowest BCUT2D eigenvalue weighted by Crippen LogP contribution is -2.40. The smallest absolute Gasteiger partial charge is 0.173 e. The maximum atomic E-state index is 10.5. The van der Waals surface area contributed by atoms with Crippen LogP contribution in [0.25, 0.3) is 5.70 Å². The first kappa shape index (κ1) is 15.2. The molecule has 2 aromatic carbocycles. The van der Waals surface area contributed by atoms with Gasteiger partial charge < -0.3 is 15.2 Å². The molecule has 0 aliphatic carbocycles. The number of hydrogen-bond acceptors (Lipinski definition) is 6. The van der Waals surface area contributed by atoms with Crippen LogP contribution in [0.1, 0.15) is 18.7 Å². The molecule has 120 valence electrons. The molecule has 3 N–H and O–H groups in total. The van der Waals surface area contributed by atoms with Crippen molar-refractivity contribution >= 4 is 11.4 Å². The van der Waals surface area contributed by atoms with Gasteiger partial charge in [-0.05, 0) is 19.1 Å². The summed E-state index contributed by atoms with van der Waals surface area (Å²) in [6, 6.07) is 11.0. The normalized spacial score (nSPS) is 16.6. The van der Waals surface area contributed by atoms with E-state index in [2.05, 4.69) is 4.99 Å². The number of hydrogen-bond donors (Lipinski definition) is 2. The second-order valence-corrected chi connectivity index (χ2v) is 5.29. The Bertz CT molecular complexity index is 864. The van der Waals surface area contributed by atoms with Crippen LogP contribution in [-0.4, -0.2) is 24.5 Å². The highest BCUT2D eigenvalue weighted by Crippen LogP contribution is 2.30. The highest BCUT2D eigenvalue weighted by molar-refractivity contribution is 5.52. The minimum atomic E-state index is -0.596. The van der Waals surface area contributed by atoms with Crippen molar-refractivity contribution in [2.45, 2.75) is 13.1 Å². The third kappa shape index (κ3) is 2.47. The Morgan fingerprint density at radius 2 is 1.78 bits per heavy atom. The molecule has 0 saturated carbocycles. The van der Waals surface area contributed by atoms with Gasteiger partial charge in [-0.25, -0.2) is 5.06 Å². The van der Waals surface area contributed by atoms with E-state index in [4.69, 9.17) is 15.2 Å². The van der Waals surface area contributed by atoms with Gasteiger partial charge in [0.15, 0.2) is 17.7 Å². The zero-order chi connectivity index (χ0) is 16.6. The minimum Gasteiger partial charge on any atom is -0.493 e. The van der Waals surface area contributed by atoms with Gasteiger partial charge in [0, 0.05) is 22.5 Å². The van der Waals surface area contributed by atoms with Gasteiger partial charge in [-0.2, -0.15) is 0 Å². The molecule has 0 radical (unpaired) electrons. The standard InChI is InChI=1S/C17H19N3O3/c1-10-12-8-15(22-2)16(23-3)9-14(12)19-17(20(10)21)11-6-4-5-7-13(11)18/h4-9,17,21H,18H2,1-3H3. The van der Waals surface area contributed by atoms with Gasteiger partial charge in [-0.15, -0.1) is 0 Å².